The minimum atomic E-state index is -0.416. The molecule has 0 amide bonds. The van der Waals surface area contributed by atoms with Crippen molar-refractivity contribution in [1.29, 1.82) is 0 Å². The average Bonchev–Trinajstić information content (AvgIpc) is 3.23. The predicted molar refractivity (Wildman–Crippen MR) is 104 cm³/mol. The molecule has 1 atom stereocenters. The maximum absolute atomic E-state index is 11.1. The lowest BCUT2D eigenvalue weighted by Gasteiger charge is -2.13. The fourth-order valence-corrected chi connectivity index (χ4v) is 3.28. The lowest BCUT2D eigenvalue weighted by Crippen LogP contribution is -2.14. The average molecular weight is 377 g/mol. The molecule has 1 aliphatic rings. The van der Waals surface area contributed by atoms with E-state index in [9.17, 15) is 9.90 Å². The van der Waals surface area contributed by atoms with Gasteiger partial charge < -0.3 is 19.3 Å². The first-order valence-corrected chi connectivity index (χ1v) is 9.74. The molecule has 0 bridgehead atoms. The minimum absolute atomic E-state index is 0.177. The van der Waals surface area contributed by atoms with Gasteiger partial charge >= 0.3 is 5.97 Å². The lowest BCUT2D eigenvalue weighted by atomic mass is 10.0. The standard InChI is InChI=1S/C21H31NO5/c1-25-19-14-17(11-12-18(23)16-8-5-6-9-16)22-15-20(19)27-13-7-3-4-10-21(24)26-2/h11-12,14-16,18,23H,3-10,13H2,1-2H3/b12-11+. The number of nitrogens with zero attached hydrogens (tertiary/aromatic N) is 1. The van der Waals surface area contributed by atoms with Crippen LogP contribution in [-0.2, 0) is 9.53 Å². The Balaban J connectivity index is 1.79. The normalized spacial score (nSPS) is 15.8. The first-order chi connectivity index (χ1) is 13.1. The Morgan fingerprint density at radius 2 is 2.04 bits per heavy atom. The third-order valence-corrected chi connectivity index (χ3v) is 4.93. The Hall–Kier alpha value is -2.08. The van der Waals surface area contributed by atoms with Gasteiger partial charge in [0.25, 0.3) is 0 Å². The summed E-state index contributed by atoms with van der Waals surface area (Å²) in [5.41, 5.74) is 0.731. The summed E-state index contributed by atoms with van der Waals surface area (Å²) in [4.78, 5) is 15.4. The third kappa shape index (κ3) is 7.21. The van der Waals surface area contributed by atoms with Crippen molar-refractivity contribution in [3.05, 3.63) is 24.0 Å². The van der Waals surface area contributed by atoms with Crippen LogP contribution < -0.4 is 9.47 Å². The van der Waals surface area contributed by atoms with Gasteiger partial charge in [-0.1, -0.05) is 18.9 Å². The number of carbonyl (C=O) groups is 1. The Bertz CT molecular complexity index is 611. The van der Waals surface area contributed by atoms with Crippen LogP contribution in [0.15, 0.2) is 18.3 Å². The molecule has 6 heteroatoms. The Kier molecular flexibility index (Phi) is 9.11. The Labute approximate surface area is 161 Å². The summed E-state index contributed by atoms with van der Waals surface area (Å²) in [6.45, 7) is 0.537. The van der Waals surface area contributed by atoms with Crippen LogP contribution in [-0.4, -0.2) is 43.0 Å². The lowest BCUT2D eigenvalue weighted by molar-refractivity contribution is -0.140. The van der Waals surface area contributed by atoms with Gasteiger partial charge in [0.15, 0.2) is 11.5 Å². The number of unbranched alkanes of at least 4 members (excludes halogenated alkanes) is 2. The van der Waals surface area contributed by atoms with E-state index >= 15 is 0 Å². The van der Waals surface area contributed by atoms with Gasteiger partial charge in [-0.3, -0.25) is 9.78 Å². The number of esters is 1. The maximum atomic E-state index is 11.1. The summed E-state index contributed by atoms with van der Waals surface area (Å²) in [7, 11) is 3.00. The molecule has 1 aromatic heterocycles. The smallest absolute Gasteiger partial charge is 0.305 e. The molecule has 0 radical (unpaired) electrons. The van der Waals surface area contributed by atoms with E-state index in [1.807, 2.05) is 18.2 Å². The molecule has 2 rings (SSSR count). The van der Waals surface area contributed by atoms with E-state index in [-0.39, 0.29) is 5.97 Å². The van der Waals surface area contributed by atoms with Crippen molar-refractivity contribution in [2.75, 3.05) is 20.8 Å². The van der Waals surface area contributed by atoms with Gasteiger partial charge in [-0.25, -0.2) is 0 Å². The van der Waals surface area contributed by atoms with Gasteiger partial charge in [0, 0.05) is 12.5 Å². The summed E-state index contributed by atoms with van der Waals surface area (Å²) in [6, 6.07) is 1.81. The number of aliphatic hydroxyl groups is 1. The van der Waals surface area contributed by atoms with Crippen LogP contribution in [0.25, 0.3) is 6.08 Å². The van der Waals surface area contributed by atoms with Crippen LogP contribution >= 0.6 is 0 Å². The summed E-state index contributed by atoms with van der Waals surface area (Å²) >= 11 is 0. The molecule has 6 nitrogen and oxygen atoms in total. The van der Waals surface area contributed by atoms with Gasteiger partial charge in [-0.05, 0) is 44.1 Å². The first kappa shape index (κ1) is 21.2. The molecular weight excluding hydrogens is 346 g/mol. The van der Waals surface area contributed by atoms with Crippen molar-refractivity contribution in [2.45, 2.75) is 57.5 Å². The van der Waals surface area contributed by atoms with Gasteiger partial charge in [-0.15, -0.1) is 0 Å². The van der Waals surface area contributed by atoms with Gasteiger partial charge in [0.1, 0.15) is 0 Å². The predicted octanol–water partition coefficient (Wildman–Crippen LogP) is 3.77. The van der Waals surface area contributed by atoms with E-state index in [0.717, 1.165) is 37.8 Å². The minimum Gasteiger partial charge on any atom is -0.493 e. The van der Waals surface area contributed by atoms with E-state index in [1.165, 1.54) is 20.0 Å². The molecule has 1 fully saturated rings. The molecule has 1 unspecified atom stereocenters. The number of ether oxygens (including phenoxy) is 3. The highest BCUT2D eigenvalue weighted by atomic mass is 16.5. The Morgan fingerprint density at radius 1 is 1.26 bits per heavy atom. The molecule has 150 valence electrons. The van der Waals surface area contributed by atoms with Crippen molar-refractivity contribution in [2.24, 2.45) is 5.92 Å². The second kappa shape index (κ2) is 11.6. The number of carbonyl (C=O) groups excluding carboxylic acids is 1. The van der Waals surface area contributed by atoms with E-state index < -0.39 is 6.10 Å². The highest BCUT2D eigenvalue weighted by Crippen LogP contribution is 2.29. The highest BCUT2D eigenvalue weighted by molar-refractivity contribution is 5.68. The van der Waals surface area contributed by atoms with Crippen LogP contribution in [0.3, 0.4) is 0 Å². The molecule has 1 aromatic rings. The van der Waals surface area contributed by atoms with Crippen LogP contribution in [0.5, 0.6) is 11.5 Å². The molecule has 1 aliphatic carbocycles. The summed E-state index contributed by atoms with van der Waals surface area (Å²) in [6.07, 6.45) is 12.4. The molecule has 0 aromatic carbocycles. The largest absolute Gasteiger partial charge is 0.493 e. The summed E-state index contributed by atoms with van der Waals surface area (Å²) in [5.74, 6) is 1.40. The van der Waals surface area contributed by atoms with Crippen molar-refractivity contribution in [3.63, 3.8) is 0 Å². The topological polar surface area (TPSA) is 77.9 Å². The zero-order chi connectivity index (χ0) is 19.5. The van der Waals surface area contributed by atoms with Crippen molar-refractivity contribution in [3.8, 4) is 11.5 Å². The van der Waals surface area contributed by atoms with E-state index in [2.05, 4.69) is 9.72 Å². The second-order valence-electron chi connectivity index (χ2n) is 6.89. The van der Waals surface area contributed by atoms with E-state index in [0.29, 0.717) is 30.4 Å². The molecule has 0 saturated heterocycles. The molecule has 1 N–H and O–H groups in total. The third-order valence-electron chi connectivity index (χ3n) is 4.93. The van der Waals surface area contributed by atoms with Crippen LogP contribution in [0.2, 0.25) is 0 Å². The SMILES string of the molecule is COC(=O)CCCCCOc1cnc(/C=C/C(O)C2CCCC2)cc1OC. The Morgan fingerprint density at radius 3 is 2.74 bits per heavy atom. The molecular formula is C21H31NO5. The van der Waals surface area contributed by atoms with Crippen LogP contribution in [0, 0.1) is 5.92 Å². The number of pyridine rings is 1. The fourth-order valence-electron chi connectivity index (χ4n) is 3.28. The molecule has 1 heterocycles. The van der Waals surface area contributed by atoms with Gasteiger partial charge in [0.05, 0.1) is 38.8 Å². The molecule has 0 spiro atoms. The zero-order valence-electron chi connectivity index (χ0n) is 16.4. The van der Waals surface area contributed by atoms with Gasteiger partial charge in [0.2, 0.25) is 0 Å². The first-order valence-electron chi connectivity index (χ1n) is 9.74. The summed E-state index contributed by atoms with van der Waals surface area (Å²) < 4.78 is 15.8. The number of rotatable bonds is 11. The number of methoxy groups -OCH3 is 2. The molecule has 1 saturated carbocycles. The maximum Gasteiger partial charge on any atom is 0.305 e. The van der Waals surface area contributed by atoms with Crippen molar-refractivity contribution < 1.29 is 24.1 Å². The fraction of sp³-hybridized carbons (Fsp3) is 0.619. The highest BCUT2D eigenvalue weighted by Gasteiger charge is 2.21. The van der Waals surface area contributed by atoms with Crippen LogP contribution in [0.4, 0.5) is 0 Å². The van der Waals surface area contributed by atoms with Gasteiger partial charge in [-0.2, -0.15) is 0 Å². The quantitative estimate of drug-likeness (QED) is 0.467. The molecule has 0 aliphatic heterocycles. The zero-order valence-corrected chi connectivity index (χ0v) is 16.4. The van der Waals surface area contributed by atoms with E-state index in [1.54, 1.807) is 13.3 Å². The monoisotopic (exact) mass is 377 g/mol. The number of aliphatic hydroxyl groups excluding tert-OH is 1. The molecule has 27 heavy (non-hydrogen) atoms. The number of hydrogen-bond donors (Lipinski definition) is 1. The number of aromatic nitrogens is 1. The van der Waals surface area contributed by atoms with Crippen LogP contribution in [0.1, 0.15) is 57.1 Å². The van der Waals surface area contributed by atoms with Crippen molar-refractivity contribution in [1.82, 2.24) is 4.98 Å². The van der Waals surface area contributed by atoms with E-state index in [4.69, 9.17) is 9.47 Å². The second-order valence-corrected chi connectivity index (χ2v) is 6.89. The number of hydrogen-bond acceptors (Lipinski definition) is 6. The summed E-state index contributed by atoms with van der Waals surface area (Å²) in [5, 5.41) is 10.2. The van der Waals surface area contributed by atoms with Crippen molar-refractivity contribution >= 4 is 12.0 Å².